The molecule has 1 saturated heterocycles. The largest absolute Gasteiger partial charge is 0.298 e. The molecule has 0 spiro atoms. The second kappa shape index (κ2) is 8.22. The smallest absolute Gasteiger partial charge is 0.271 e. The fraction of sp³-hybridized carbons (Fsp3) is 0.263. The molecule has 0 aliphatic carbocycles. The van der Waals surface area contributed by atoms with Crippen molar-refractivity contribution in [3.63, 3.8) is 0 Å². The number of hydrogen-bond donors (Lipinski definition) is 1. The average molecular weight is 386 g/mol. The zero-order valence-corrected chi connectivity index (χ0v) is 15.0. The van der Waals surface area contributed by atoms with Gasteiger partial charge in [0.2, 0.25) is 0 Å². The summed E-state index contributed by atoms with van der Waals surface area (Å²) < 4.78 is 0.886. The van der Waals surface area contributed by atoms with Gasteiger partial charge >= 0.3 is 0 Å². The molecule has 2 aromatic carbocycles. The van der Waals surface area contributed by atoms with Crippen molar-refractivity contribution in [3.05, 3.63) is 70.2 Å². The molecule has 24 heavy (non-hydrogen) atoms. The van der Waals surface area contributed by atoms with Crippen LogP contribution >= 0.6 is 15.9 Å². The van der Waals surface area contributed by atoms with Gasteiger partial charge in [-0.05, 0) is 23.8 Å². The van der Waals surface area contributed by atoms with Crippen LogP contribution in [0.25, 0.3) is 0 Å². The third-order valence-corrected chi connectivity index (χ3v) is 4.58. The number of benzene rings is 2. The lowest BCUT2D eigenvalue weighted by molar-refractivity contribution is 0.0954. The first-order chi connectivity index (χ1) is 11.7. The number of hydrogen-bond acceptors (Lipinski definition) is 3. The van der Waals surface area contributed by atoms with E-state index in [1.54, 1.807) is 12.1 Å². The van der Waals surface area contributed by atoms with Crippen LogP contribution in [0.3, 0.4) is 0 Å². The maximum Gasteiger partial charge on any atom is 0.271 e. The number of carbonyl (C=O) groups is 1. The highest BCUT2D eigenvalue weighted by atomic mass is 79.9. The van der Waals surface area contributed by atoms with Crippen LogP contribution in [0, 0.1) is 0 Å². The predicted molar refractivity (Wildman–Crippen MR) is 100.0 cm³/mol. The summed E-state index contributed by atoms with van der Waals surface area (Å²) in [6, 6.07) is 17.8. The Morgan fingerprint density at radius 1 is 1.08 bits per heavy atom. The van der Waals surface area contributed by atoms with E-state index >= 15 is 0 Å². The van der Waals surface area contributed by atoms with Crippen molar-refractivity contribution >= 4 is 27.5 Å². The monoisotopic (exact) mass is 385 g/mol. The van der Waals surface area contributed by atoms with E-state index in [0.29, 0.717) is 5.56 Å². The number of carbonyl (C=O) groups excluding carboxylic acids is 1. The van der Waals surface area contributed by atoms with Crippen LogP contribution in [0.1, 0.15) is 28.8 Å². The normalized spacial score (nSPS) is 15.1. The number of amides is 1. The van der Waals surface area contributed by atoms with E-state index in [1.807, 2.05) is 18.2 Å². The highest BCUT2D eigenvalue weighted by Crippen LogP contribution is 2.13. The van der Waals surface area contributed by atoms with Crippen molar-refractivity contribution in [2.24, 2.45) is 5.10 Å². The summed E-state index contributed by atoms with van der Waals surface area (Å²) in [6.07, 6.45) is 1.79. The molecule has 1 amide bonds. The molecule has 1 fully saturated rings. The molecule has 0 unspecified atom stereocenters. The maximum absolute atomic E-state index is 12.1. The number of nitrogens with zero attached hydrogens (tertiary/aromatic N) is 2. The molecule has 3 rings (SSSR count). The Balaban J connectivity index is 1.49. The van der Waals surface area contributed by atoms with Gasteiger partial charge in [0.05, 0.1) is 0 Å². The van der Waals surface area contributed by atoms with Crippen molar-refractivity contribution in [2.75, 3.05) is 13.1 Å². The Bertz CT molecular complexity index is 720. The summed E-state index contributed by atoms with van der Waals surface area (Å²) in [5, 5.41) is 4.31. The van der Waals surface area contributed by atoms with Gasteiger partial charge in [-0.25, -0.2) is 5.43 Å². The van der Waals surface area contributed by atoms with E-state index in [2.05, 4.69) is 55.6 Å². The van der Waals surface area contributed by atoms with Crippen LogP contribution < -0.4 is 5.43 Å². The lowest BCUT2D eigenvalue weighted by atomic mass is 10.1. The number of piperidine rings is 1. The molecule has 1 heterocycles. The summed E-state index contributed by atoms with van der Waals surface area (Å²) in [5.74, 6) is -0.171. The van der Waals surface area contributed by atoms with Gasteiger partial charge in [0.1, 0.15) is 0 Å². The Kier molecular flexibility index (Phi) is 5.77. The highest BCUT2D eigenvalue weighted by molar-refractivity contribution is 9.10. The second-order valence-corrected chi connectivity index (χ2v) is 6.81. The third kappa shape index (κ3) is 4.76. The van der Waals surface area contributed by atoms with Crippen LogP contribution in [0.4, 0.5) is 0 Å². The lowest BCUT2D eigenvalue weighted by Gasteiger charge is -2.27. The van der Waals surface area contributed by atoms with Crippen molar-refractivity contribution in [1.82, 2.24) is 10.3 Å². The van der Waals surface area contributed by atoms with Gasteiger partial charge in [0, 0.05) is 48.2 Å². The molecule has 4 nitrogen and oxygen atoms in total. The van der Waals surface area contributed by atoms with Gasteiger partial charge in [0.15, 0.2) is 0 Å². The number of nitrogens with one attached hydrogen (secondary N) is 1. The standard InChI is InChI=1S/C19H20BrN3O/c20-17-8-4-7-16(13-17)19(24)22-21-18-9-11-23(12-10-18)14-15-5-2-1-3-6-15/h1-8,13H,9-12,14H2,(H,22,24). The van der Waals surface area contributed by atoms with Crippen molar-refractivity contribution in [2.45, 2.75) is 19.4 Å². The number of hydrazone groups is 1. The first kappa shape index (κ1) is 16.9. The van der Waals surface area contributed by atoms with Crippen molar-refractivity contribution in [1.29, 1.82) is 0 Å². The van der Waals surface area contributed by atoms with E-state index in [-0.39, 0.29) is 5.91 Å². The molecule has 2 aromatic rings. The number of rotatable bonds is 4. The molecule has 0 atom stereocenters. The maximum atomic E-state index is 12.1. The topological polar surface area (TPSA) is 44.7 Å². The molecule has 1 N–H and O–H groups in total. The van der Waals surface area contributed by atoms with Crippen LogP contribution in [-0.2, 0) is 6.54 Å². The SMILES string of the molecule is O=C(NN=C1CCN(Cc2ccccc2)CC1)c1cccc(Br)c1. The minimum atomic E-state index is -0.171. The highest BCUT2D eigenvalue weighted by Gasteiger charge is 2.15. The summed E-state index contributed by atoms with van der Waals surface area (Å²) in [6.45, 7) is 2.92. The molecular weight excluding hydrogens is 366 g/mol. The third-order valence-electron chi connectivity index (χ3n) is 4.08. The summed E-state index contributed by atoms with van der Waals surface area (Å²) >= 11 is 3.37. The molecule has 1 aliphatic heterocycles. The summed E-state index contributed by atoms with van der Waals surface area (Å²) in [5.41, 5.74) is 5.67. The van der Waals surface area contributed by atoms with E-state index < -0.39 is 0 Å². The molecule has 5 heteroatoms. The van der Waals surface area contributed by atoms with Gasteiger partial charge in [-0.1, -0.05) is 52.3 Å². The summed E-state index contributed by atoms with van der Waals surface area (Å²) in [7, 11) is 0. The Morgan fingerprint density at radius 3 is 2.54 bits per heavy atom. The zero-order valence-electron chi connectivity index (χ0n) is 13.4. The molecule has 1 aliphatic rings. The Hall–Kier alpha value is -1.98. The zero-order chi connectivity index (χ0) is 16.8. The summed E-state index contributed by atoms with van der Waals surface area (Å²) in [4.78, 5) is 14.5. The van der Waals surface area contributed by atoms with E-state index in [9.17, 15) is 4.79 Å². The van der Waals surface area contributed by atoms with Gasteiger partial charge in [-0.15, -0.1) is 0 Å². The van der Waals surface area contributed by atoms with E-state index in [0.717, 1.165) is 42.7 Å². The van der Waals surface area contributed by atoms with E-state index in [1.165, 1.54) is 5.56 Å². The van der Waals surface area contributed by atoms with E-state index in [4.69, 9.17) is 0 Å². The predicted octanol–water partition coefficient (Wildman–Crippen LogP) is 3.83. The minimum absolute atomic E-state index is 0.171. The molecule has 124 valence electrons. The number of halogens is 1. The fourth-order valence-corrected chi connectivity index (χ4v) is 3.15. The van der Waals surface area contributed by atoms with Crippen LogP contribution in [0.2, 0.25) is 0 Å². The molecule has 0 saturated carbocycles. The van der Waals surface area contributed by atoms with Crippen molar-refractivity contribution in [3.8, 4) is 0 Å². The van der Waals surface area contributed by atoms with Crippen LogP contribution in [0.5, 0.6) is 0 Å². The van der Waals surface area contributed by atoms with Crippen LogP contribution in [0.15, 0.2) is 64.2 Å². The first-order valence-electron chi connectivity index (χ1n) is 8.08. The Labute approximate surface area is 150 Å². The second-order valence-electron chi connectivity index (χ2n) is 5.89. The van der Waals surface area contributed by atoms with Gasteiger partial charge in [-0.3, -0.25) is 9.69 Å². The average Bonchev–Trinajstić information content (AvgIpc) is 2.62. The van der Waals surface area contributed by atoms with Crippen molar-refractivity contribution < 1.29 is 4.79 Å². The molecule has 0 aromatic heterocycles. The molecule has 0 radical (unpaired) electrons. The van der Waals surface area contributed by atoms with Gasteiger partial charge in [-0.2, -0.15) is 5.10 Å². The molecule has 0 bridgehead atoms. The van der Waals surface area contributed by atoms with Gasteiger partial charge < -0.3 is 0 Å². The van der Waals surface area contributed by atoms with Crippen LogP contribution in [-0.4, -0.2) is 29.6 Å². The van der Waals surface area contributed by atoms with Gasteiger partial charge in [0.25, 0.3) is 5.91 Å². The Morgan fingerprint density at radius 2 is 1.83 bits per heavy atom. The quantitative estimate of drug-likeness (QED) is 0.812. The number of likely N-dealkylation sites (tertiary alicyclic amines) is 1. The lowest BCUT2D eigenvalue weighted by Crippen LogP contribution is -2.34. The first-order valence-corrected chi connectivity index (χ1v) is 8.87. The fourth-order valence-electron chi connectivity index (χ4n) is 2.75. The minimum Gasteiger partial charge on any atom is -0.298 e. The molecular formula is C19H20BrN3O.